The highest BCUT2D eigenvalue weighted by molar-refractivity contribution is 6.32. The molecule has 0 fully saturated rings. The molecule has 3 heterocycles. The molecule has 12 heteroatoms. The number of aryl methyl sites for hydroxylation is 1. The molecule has 3 aromatic heterocycles. The van der Waals surface area contributed by atoms with E-state index in [1.807, 2.05) is 25.1 Å². The maximum atomic E-state index is 13.1. The fourth-order valence-corrected chi connectivity index (χ4v) is 3.43. The van der Waals surface area contributed by atoms with Crippen molar-refractivity contribution in [2.75, 3.05) is 25.6 Å². The molecule has 1 amide bonds. The van der Waals surface area contributed by atoms with Crippen LogP contribution in [0.4, 0.5) is 5.82 Å². The smallest absolute Gasteiger partial charge is 0.269 e. The van der Waals surface area contributed by atoms with Crippen molar-refractivity contribution in [1.82, 2.24) is 29.7 Å². The van der Waals surface area contributed by atoms with Gasteiger partial charge in [-0.15, -0.1) is 0 Å². The summed E-state index contributed by atoms with van der Waals surface area (Å²) in [4.78, 5) is 30.0. The Bertz CT molecular complexity index is 1300. The first-order chi connectivity index (χ1) is 17.0. The van der Waals surface area contributed by atoms with E-state index in [2.05, 4.69) is 30.4 Å². The lowest BCUT2D eigenvalue weighted by atomic mass is 10.3. The predicted octanol–water partition coefficient (Wildman–Crippen LogP) is 3.00. The van der Waals surface area contributed by atoms with E-state index in [1.165, 1.54) is 12.5 Å². The number of methoxy groups -OCH3 is 1. The minimum Gasteiger partial charge on any atom is -0.461 e. The van der Waals surface area contributed by atoms with E-state index in [-0.39, 0.29) is 18.6 Å². The van der Waals surface area contributed by atoms with Crippen LogP contribution in [0.15, 0.2) is 49.2 Å². The van der Waals surface area contributed by atoms with Crippen LogP contribution in [0, 0.1) is 6.92 Å². The molecule has 0 bridgehead atoms. The van der Waals surface area contributed by atoms with Gasteiger partial charge in [0.15, 0.2) is 11.5 Å². The SMILES string of the molecule is COCC(C)OC[C@H](Oc1ncnc2c1cnn2-c1ccccc1Cl)C(=O)Nc1cnc(C)cn1. The van der Waals surface area contributed by atoms with Crippen molar-refractivity contribution in [2.45, 2.75) is 26.1 Å². The second kappa shape index (κ2) is 11.2. The van der Waals surface area contributed by atoms with Gasteiger partial charge >= 0.3 is 0 Å². The van der Waals surface area contributed by atoms with E-state index in [4.69, 9.17) is 25.8 Å². The molecule has 2 atom stereocenters. The number of nitrogens with one attached hydrogen (secondary N) is 1. The number of anilines is 1. The number of carbonyl (C=O) groups excluding carboxylic acids is 1. The highest BCUT2D eigenvalue weighted by Crippen LogP contribution is 2.27. The maximum absolute atomic E-state index is 13.1. The number of benzene rings is 1. The summed E-state index contributed by atoms with van der Waals surface area (Å²) in [7, 11) is 1.57. The van der Waals surface area contributed by atoms with Crippen molar-refractivity contribution < 1.29 is 19.0 Å². The van der Waals surface area contributed by atoms with E-state index in [0.29, 0.717) is 34.2 Å². The molecular formula is C23H24ClN7O4. The Morgan fingerprint density at radius 2 is 1.94 bits per heavy atom. The zero-order valence-corrected chi connectivity index (χ0v) is 20.1. The molecule has 0 radical (unpaired) electrons. The third kappa shape index (κ3) is 5.88. The second-order valence-electron chi connectivity index (χ2n) is 7.66. The molecule has 4 rings (SSSR count). The summed E-state index contributed by atoms with van der Waals surface area (Å²) in [5, 5.41) is 8.11. The summed E-state index contributed by atoms with van der Waals surface area (Å²) in [5.74, 6) is -0.0111. The average Bonchev–Trinajstić information content (AvgIpc) is 3.28. The highest BCUT2D eigenvalue weighted by Gasteiger charge is 2.25. The summed E-state index contributed by atoms with van der Waals surface area (Å²) >= 11 is 6.34. The molecule has 1 aromatic carbocycles. The van der Waals surface area contributed by atoms with Crippen LogP contribution in [0.5, 0.6) is 5.88 Å². The van der Waals surface area contributed by atoms with Crippen molar-refractivity contribution in [3.63, 3.8) is 0 Å². The monoisotopic (exact) mass is 497 g/mol. The van der Waals surface area contributed by atoms with Gasteiger partial charge in [-0.3, -0.25) is 9.78 Å². The number of hydrogen-bond donors (Lipinski definition) is 1. The van der Waals surface area contributed by atoms with Gasteiger partial charge in [0.05, 0.1) is 54.3 Å². The van der Waals surface area contributed by atoms with Crippen LogP contribution in [0.25, 0.3) is 16.7 Å². The molecule has 0 aliphatic heterocycles. The van der Waals surface area contributed by atoms with E-state index < -0.39 is 12.0 Å². The number of aromatic nitrogens is 6. The zero-order valence-electron chi connectivity index (χ0n) is 19.4. The van der Waals surface area contributed by atoms with Crippen molar-refractivity contribution in [1.29, 1.82) is 0 Å². The van der Waals surface area contributed by atoms with Crippen LogP contribution in [-0.2, 0) is 14.3 Å². The first-order valence-corrected chi connectivity index (χ1v) is 11.1. The van der Waals surface area contributed by atoms with Crippen LogP contribution in [-0.4, -0.2) is 68.2 Å². The lowest BCUT2D eigenvalue weighted by Gasteiger charge is -2.20. The summed E-state index contributed by atoms with van der Waals surface area (Å²) in [6.07, 6.45) is 4.60. The maximum Gasteiger partial charge on any atom is 0.269 e. The molecule has 0 aliphatic rings. The van der Waals surface area contributed by atoms with E-state index in [9.17, 15) is 4.79 Å². The Balaban J connectivity index is 1.61. The number of fused-ring (bicyclic) bond motifs is 1. The largest absolute Gasteiger partial charge is 0.461 e. The van der Waals surface area contributed by atoms with Crippen molar-refractivity contribution in [3.05, 3.63) is 59.9 Å². The number of hydrogen-bond acceptors (Lipinski definition) is 9. The third-order valence-corrected chi connectivity index (χ3v) is 5.24. The number of nitrogens with zero attached hydrogens (tertiary/aromatic N) is 6. The third-order valence-electron chi connectivity index (χ3n) is 4.92. The van der Waals surface area contributed by atoms with Crippen LogP contribution < -0.4 is 10.1 Å². The van der Waals surface area contributed by atoms with Gasteiger partial charge in [-0.2, -0.15) is 5.10 Å². The number of carbonyl (C=O) groups is 1. The van der Waals surface area contributed by atoms with Gasteiger partial charge in [0.1, 0.15) is 11.7 Å². The van der Waals surface area contributed by atoms with Gasteiger partial charge in [0.25, 0.3) is 5.91 Å². The molecule has 0 saturated heterocycles. The number of halogens is 1. The number of ether oxygens (including phenoxy) is 3. The Hall–Kier alpha value is -3.67. The first-order valence-electron chi connectivity index (χ1n) is 10.8. The predicted molar refractivity (Wildman–Crippen MR) is 129 cm³/mol. The van der Waals surface area contributed by atoms with Crippen LogP contribution >= 0.6 is 11.6 Å². The zero-order chi connectivity index (χ0) is 24.8. The molecule has 11 nitrogen and oxygen atoms in total. The van der Waals surface area contributed by atoms with Gasteiger partial charge in [0.2, 0.25) is 12.0 Å². The topological polar surface area (TPSA) is 126 Å². The van der Waals surface area contributed by atoms with Crippen LogP contribution in [0.3, 0.4) is 0 Å². The molecule has 1 unspecified atom stereocenters. The van der Waals surface area contributed by atoms with Crippen LogP contribution in [0.1, 0.15) is 12.6 Å². The van der Waals surface area contributed by atoms with E-state index in [0.717, 1.165) is 5.69 Å². The minimum atomic E-state index is -1.06. The fourth-order valence-electron chi connectivity index (χ4n) is 3.21. The van der Waals surface area contributed by atoms with Gasteiger partial charge in [0, 0.05) is 7.11 Å². The number of para-hydroxylation sites is 1. The number of rotatable bonds is 10. The molecule has 0 saturated carbocycles. The van der Waals surface area contributed by atoms with Gasteiger partial charge in [-0.25, -0.2) is 19.6 Å². The van der Waals surface area contributed by atoms with Crippen LogP contribution in [0.2, 0.25) is 5.02 Å². The summed E-state index contributed by atoms with van der Waals surface area (Å²) in [6.45, 7) is 3.94. The lowest BCUT2D eigenvalue weighted by molar-refractivity contribution is -0.127. The standard InChI is InChI=1S/C23H24ClN7O4/c1-14-8-26-20(10-25-14)30-22(32)19(12-34-15(2)11-33-3)35-23-16-9-29-31(21(16)27-13-28-23)18-7-5-4-6-17(18)24/h4-10,13,15,19H,11-12H2,1-3H3,(H,26,30,32)/t15?,19-/m0/s1. The van der Waals surface area contributed by atoms with Crippen molar-refractivity contribution >= 4 is 34.4 Å². The lowest BCUT2D eigenvalue weighted by Crippen LogP contribution is -2.39. The number of amides is 1. The van der Waals surface area contributed by atoms with Crippen molar-refractivity contribution in [3.8, 4) is 11.6 Å². The molecule has 35 heavy (non-hydrogen) atoms. The van der Waals surface area contributed by atoms with Gasteiger partial charge in [-0.1, -0.05) is 23.7 Å². The van der Waals surface area contributed by atoms with E-state index in [1.54, 1.807) is 37.2 Å². The van der Waals surface area contributed by atoms with Crippen molar-refractivity contribution in [2.24, 2.45) is 0 Å². The molecule has 182 valence electrons. The Labute approximate surface area is 206 Å². The Morgan fingerprint density at radius 3 is 2.69 bits per heavy atom. The highest BCUT2D eigenvalue weighted by atomic mass is 35.5. The minimum absolute atomic E-state index is 0.0558. The molecular weight excluding hydrogens is 474 g/mol. The quantitative estimate of drug-likeness (QED) is 0.351. The fraction of sp³-hybridized carbons (Fsp3) is 0.304. The molecule has 4 aromatic rings. The van der Waals surface area contributed by atoms with E-state index >= 15 is 0 Å². The molecule has 1 N–H and O–H groups in total. The van der Waals surface area contributed by atoms with Gasteiger partial charge < -0.3 is 19.5 Å². The molecule has 0 aliphatic carbocycles. The Morgan fingerprint density at radius 1 is 1.11 bits per heavy atom. The van der Waals surface area contributed by atoms with Gasteiger partial charge in [-0.05, 0) is 26.0 Å². The molecule has 0 spiro atoms. The second-order valence-corrected chi connectivity index (χ2v) is 8.07. The summed E-state index contributed by atoms with van der Waals surface area (Å²) in [6, 6.07) is 7.25. The summed E-state index contributed by atoms with van der Waals surface area (Å²) < 4.78 is 18.5. The average molecular weight is 498 g/mol. The summed E-state index contributed by atoms with van der Waals surface area (Å²) in [5.41, 5.74) is 1.85. The normalized spacial score (nSPS) is 12.9. The Kier molecular flexibility index (Phi) is 7.80. The first kappa shape index (κ1) is 24.5.